The molecule has 0 spiro atoms. The van der Waals surface area contributed by atoms with Crippen LogP contribution in [0.2, 0.25) is 0 Å². The molecule has 0 radical (unpaired) electrons. The molecule has 2 rings (SSSR count). The molecule has 2 amide bonds. The molecule has 6 heteroatoms. The van der Waals surface area contributed by atoms with Gasteiger partial charge >= 0.3 is 5.97 Å². The second-order valence-corrected chi connectivity index (χ2v) is 5.03. The number of rotatable bonds is 5. The van der Waals surface area contributed by atoms with E-state index < -0.39 is 11.9 Å². The summed E-state index contributed by atoms with van der Waals surface area (Å²) in [6.07, 6.45) is 1.65. The molecule has 0 aromatic heterocycles. The molecule has 0 aliphatic rings. The third kappa shape index (κ3) is 4.81. The Labute approximate surface area is 138 Å². The molecule has 122 valence electrons. The summed E-state index contributed by atoms with van der Waals surface area (Å²) in [6.45, 7) is 1.86. The third-order valence-electron chi connectivity index (χ3n) is 3.09. The summed E-state index contributed by atoms with van der Waals surface area (Å²) in [7, 11) is 0. The molecule has 0 heterocycles. The smallest absolute Gasteiger partial charge is 0.328 e. The van der Waals surface area contributed by atoms with Gasteiger partial charge in [0.2, 0.25) is 5.91 Å². The Hall–Kier alpha value is -3.41. The second-order valence-electron chi connectivity index (χ2n) is 5.03. The Kier molecular flexibility index (Phi) is 5.46. The van der Waals surface area contributed by atoms with Crippen LogP contribution in [0.1, 0.15) is 15.9 Å². The minimum absolute atomic E-state index is 0.308. The van der Waals surface area contributed by atoms with E-state index in [0.717, 1.165) is 17.7 Å². The average molecular weight is 324 g/mol. The van der Waals surface area contributed by atoms with E-state index in [9.17, 15) is 14.4 Å². The Morgan fingerprint density at radius 3 is 2.29 bits per heavy atom. The van der Waals surface area contributed by atoms with Gasteiger partial charge in [-0.2, -0.15) is 0 Å². The van der Waals surface area contributed by atoms with Gasteiger partial charge in [0.1, 0.15) is 0 Å². The van der Waals surface area contributed by atoms with Gasteiger partial charge in [0, 0.05) is 17.7 Å². The monoisotopic (exact) mass is 324 g/mol. The predicted molar refractivity (Wildman–Crippen MR) is 91.0 cm³/mol. The average Bonchev–Trinajstić information content (AvgIpc) is 2.56. The molecule has 2 aromatic carbocycles. The van der Waals surface area contributed by atoms with E-state index in [2.05, 4.69) is 10.6 Å². The first kappa shape index (κ1) is 17.0. The van der Waals surface area contributed by atoms with Crippen molar-refractivity contribution >= 4 is 29.2 Å². The summed E-state index contributed by atoms with van der Waals surface area (Å²) in [6, 6.07) is 13.8. The molecule has 0 fully saturated rings. The van der Waals surface area contributed by atoms with Gasteiger partial charge in [-0.15, -0.1) is 0 Å². The van der Waals surface area contributed by atoms with Gasteiger partial charge in [0.25, 0.3) is 5.91 Å². The second kappa shape index (κ2) is 7.73. The molecule has 2 aromatic rings. The largest absolute Gasteiger partial charge is 0.478 e. The number of carbonyl (C=O) groups is 3. The minimum Gasteiger partial charge on any atom is -0.478 e. The summed E-state index contributed by atoms with van der Waals surface area (Å²) in [5.41, 5.74) is 2.20. The van der Waals surface area contributed by atoms with Crippen LogP contribution in [0.5, 0.6) is 0 Å². The first-order valence-corrected chi connectivity index (χ1v) is 7.15. The van der Waals surface area contributed by atoms with Crippen molar-refractivity contribution in [2.24, 2.45) is 0 Å². The number of anilines is 2. The molecule has 0 aliphatic heterocycles. The standard InChI is InChI=1S/C18H16N2O4/c1-12-7-8-14(19-16(21)9-10-17(22)23)15(11-12)20-18(24)13-5-3-2-4-6-13/h2-11H,1H3,(H,19,21)(H,20,24)(H,22,23). The van der Waals surface area contributed by atoms with Crippen LogP contribution in [0.4, 0.5) is 11.4 Å². The fourth-order valence-electron chi connectivity index (χ4n) is 1.98. The van der Waals surface area contributed by atoms with Crippen molar-refractivity contribution in [2.75, 3.05) is 10.6 Å². The van der Waals surface area contributed by atoms with E-state index in [-0.39, 0.29) is 5.91 Å². The van der Waals surface area contributed by atoms with Crippen molar-refractivity contribution in [3.8, 4) is 0 Å². The highest BCUT2D eigenvalue weighted by Gasteiger charge is 2.10. The zero-order valence-corrected chi connectivity index (χ0v) is 12.9. The maximum absolute atomic E-state index is 12.3. The minimum atomic E-state index is -1.22. The van der Waals surface area contributed by atoms with E-state index in [4.69, 9.17) is 5.11 Å². The molecule has 3 N–H and O–H groups in total. The maximum Gasteiger partial charge on any atom is 0.328 e. The van der Waals surface area contributed by atoms with Crippen LogP contribution in [0.15, 0.2) is 60.7 Å². The van der Waals surface area contributed by atoms with Crippen LogP contribution in [-0.4, -0.2) is 22.9 Å². The molecule has 0 atom stereocenters. The summed E-state index contributed by atoms with van der Waals surface area (Å²) in [4.78, 5) is 34.4. The summed E-state index contributed by atoms with van der Waals surface area (Å²) >= 11 is 0. The molecular formula is C18H16N2O4. The summed E-state index contributed by atoms with van der Waals surface area (Å²) < 4.78 is 0. The van der Waals surface area contributed by atoms with Gasteiger partial charge < -0.3 is 15.7 Å². The number of nitrogens with one attached hydrogen (secondary N) is 2. The fraction of sp³-hybridized carbons (Fsp3) is 0.0556. The van der Waals surface area contributed by atoms with Crippen molar-refractivity contribution in [2.45, 2.75) is 6.92 Å². The number of aliphatic carboxylic acids is 1. The van der Waals surface area contributed by atoms with Crippen molar-refractivity contribution in [3.05, 3.63) is 71.8 Å². The molecule has 0 aliphatic carbocycles. The Morgan fingerprint density at radius 2 is 1.62 bits per heavy atom. The molecule has 0 bridgehead atoms. The van der Waals surface area contributed by atoms with Gasteiger partial charge in [-0.05, 0) is 36.8 Å². The number of hydrogen-bond donors (Lipinski definition) is 3. The first-order valence-electron chi connectivity index (χ1n) is 7.15. The van der Waals surface area contributed by atoms with Gasteiger partial charge in [0.05, 0.1) is 11.4 Å². The third-order valence-corrected chi connectivity index (χ3v) is 3.09. The topological polar surface area (TPSA) is 95.5 Å². The van der Waals surface area contributed by atoms with Gasteiger partial charge in [-0.3, -0.25) is 9.59 Å². The lowest BCUT2D eigenvalue weighted by atomic mass is 10.1. The maximum atomic E-state index is 12.3. The van der Waals surface area contributed by atoms with Crippen LogP contribution in [0.25, 0.3) is 0 Å². The Balaban J connectivity index is 2.20. The molecule has 6 nitrogen and oxygen atoms in total. The van der Waals surface area contributed by atoms with Crippen molar-refractivity contribution < 1.29 is 19.5 Å². The lowest BCUT2D eigenvalue weighted by Gasteiger charge is -2.12. The van der Waals surface area contributed by atoms with Crippen LogP contribution in [-0.2, 0) is 9.59 Å². The van der Waals surface area contributed by atoms with Crippen molar-refractivity contribution in [1.29, 1.82) is 0 Å². The zero-order valence-electron chi connectivity index (χ0n) is 12.9. The summed E-state index contributed by atoms with van der Waals surface area (Å²) in [5.74, 6) is -2.12. The predicted octanol–water partition coefficient (Wildman–Crippen LogP) is 2.83. The van der Waals surface area contributed by atoms with Crippen molar-refractivity contribution in [3.63, 3.8) is 0 Å². The van der Waals surface area contributed by atoms with Gasteiger partial charge in [-0.25, -0.2) is 4.79 Å². The van der Waals surface area contributed by atoms with Crippen LogP contribution in [0.3, 0.4) is 0 Å². The number of carboxylic acids is 1. The van der Waals surface area contributed by atoms with Crippen LogP contribution < -0.4 is 10.6 Å². The van der Waals surface area contributed by atoms with Crippen molar-refractivity contribution in [1.82, 2.24) is 0 Å². The van der Waals surface area contributed by atoms with E-state index in [1.165, 1.54) is 0 Å². The van der Waals surface area contributed by atoms with Crippen LogP contribution in [0, 0.1) is 6.92 Å². The quantitative estimate of drug-likeness (QED) is 0.737. The number of carbonyl (C=O) groups excluding carboxylic acids is 2. The number of amides is 2. The molecule has 0 unspecified atom stereocenters. The summed E-state index contributed by atoms with van der Waals surface area (Å²) in [5, 5.41) is 13.8. The fourth-order valence-corrected chi connectivity index (χ4v) is 1.98. The Morgan fingerprint density at radius 1 is 0.917 bits per heavy atom. The van der Waals surface area contributed by atoms with Crippen LogP contribution >= 0.6 is 0 Å². The highest BCUT2D eigenvalue weighted by atomic mass is 16.4. The number of hydrogen-bond acceptors (Lipinski definition) is 3. The van der Waals surface area contributed by atoms with Gasteiger partial charge in [-0.1, -0.05) is 24.3 Å². The van der Waals surface area contributed by atoms with E-state index in [1.54, 1.807) is 42.5 Å². The SMILES string of the molecule is Cc1ccc(NC(=O)C=CC(=O)O)c(NC(=O)c2ccccc2)c1. The zero-order chi connectivity index (χ0) is 17.5. The lowest BCUT2D eigenvalue weighted by molar-refractivity contribution is -0.131. The Bertz CT molecular complexity index is 798. The first-order chi connectivity index (χ1) is 11.5. The number of carboxylic acid groups (broad SMARTS) is 1. The molecule has 24 heavy (non-hydrogen) atoms. The number of benzene rings is 2. The lowest BCUT2D eigenvalue weighted by Crippen LogP contribution is -2.15. The van der Waals surface area contributed by atoms with Gasteiger partial charge in [0.15, 0.2) is 0 Å². The molecule has 0 saturated heterocycles. The van der Waals surface area contributed by atoms with E-state index >= 15 is 0 Å². The highest BCUT2D eigenvalue weighted by Crippen LogP contribution is 2.24. The molecule has 0 saturated carbocycles. The number of aryl methyl sites for hydroxylation is 1. The normalized spacial score (nSPS) is 10.4. The highest BCUT2D eigenvalue weighted by molar-refractivity contribution is 6.09. The molecular weight excluding hydrogens is 308 g/mol. The van der Waals surface area contributed by atoms with E-state index in [0.29, 0.717) is 16.9 Å². The van der Waals surface area contributed by atoms with E-state index in [1.807, 2.05) is 13.0 Å².